The van der Waals surface area contributed by atoms with Gasteiger partial charge in [0.15, 0.2) is 11.0 Å². The summed E-state index contributed by atoms with van der Waals surface area (Å²) >= 11 is 0. The maximum Gasteiger partial charge on any atom is 0.376 e. The van der Waals surface area contributed by atoms with E-state index in [0.29, 0.717) is 21.8 Å². The highest BCUT2D eigenvalue weighted by atomic mass is 32.2. The number of carbonyl (C=O) groups excluding carboxylic acids is 2. The van der Waals surface area contributed by atoms with Crippen LogP contribution in [0.2, 0.25) is 0 Å². The normalized spacial score (nSPS) is 13.2. The average Bonchev–Trinajstić information content (AvgIpc) is 3.14. The molecule has 0 heterocycles. The van der Waals surface area contributed by atoms with E-state index in [9.17, 15) is 27.4 Å². The quantitative estimate of drug-likeness (QED) is 0.145. The van der Waals surface area contributed by atoms with Gasteiger partial charge in [-0.25, -0.2) is 13.8 Å². The summed E-state index contributed by atoms with van der Waals surface area (Å²) in [5.74, 6) is -7.28. The number of nitrogens with zero attached hydrogens (tertiary/aromatic N) is 2. The second kappa shape index (κ2) is 17.0. The molecule has 3 amide bonds. The number of benzene rings is 4. The summed E-state index contributed by atoms with van der Waals surface area (Å²) in [5.41, 5.74) is 5.69. The molecule has 0 saturated heterocycles. The molecule has 5 N–H and O–H groups in total. The molecule has 1 atom stereocenters. The van der Waals surface area contributed by atoms with Gasteiger partial charge in [0.2, 0.25) is 0 Å². The summed E-state index contributed by atoms with van der Waals surface area (Å²) in [7, 11) is 0.186. The van der Waals surface area contributed by atoms with E-state index < -0.39 is 41.4 Å². The molecule has 4 aromatic rings. The van der Waals surface area contributed by atoms with E-state index in [-0.39, 0.29) is 17.6 Å². The maximum atomic E-state index is 14.0. The van der Waals surface area contributed by atoms with Crippen molar-refractivity contribution in [1.29, 1.82) is 0 Å². The van der Waals surface area contributed by atoms with Crippen LogP contribution in [0.5, 0.6) is 0 Å². The fraction of sp³-hybridized carbons (Fsp3) is 0.237. The number of allylic oxidation sites excluding steroid dienone is 2. The number of anilines is 3. The van der Waals surface area contributed by atoms with Gasteiger partial charge >= 0.3 is 17.9 Å². The first-order chi connectivity index (χ1) is 23.9. The van der Waals surface area contributed by atoms with Gasteiger partial charge < -0.3 is 21.2 Å². The number of urea groups is 1. The Morgan fingerprint density at radius 1 is 0.902 bits per heavy atom. The first-order valence-electron chi connectivity index (χ1n) is 16.1. The minimum atomic E-state index is -4.10. The highest BCUT2D eigenvalue weighted by molar-refractivity contribution is 7.86. The third kappa shape index (κ3) is 9.65. The molecule has 1 aliphatic rings. The van der Waals surface area contributed by atoms with Crippen molar-refractivity contribution in [2.45, 2.75) is 50.0 Å². The van der Waals surface area contributed by atoms with Crippen LogP contribution in [0.4, 0.5) is 30.6 Å². The fourth-order valence-electron chi connectivity index (χ4n) is 5.49. The van der Waals surface area contributed by atoms with Crippen LogP contribution in [-0.4, -0.2) is 52.2 Å². The molecular formula is C38H40F2N4O6S. The Kier molecular flexibility index (Phi) is 12.8. The number of hydrogen-bond donors (Lipinski definition) is 3. The van der Waals surface area contributed by atoms with Crippen LogP contribution in [0, 0.1) is 6.92 Å². The molecule has 0 saturated carbocycles. The Morgan fingerprint density at radius 2 is 1.59 bits per heavy atom. The van der Waals surface area contributed by atoms with Gasteiger partial charge in [0.05, 0.1) is 18.0 Å². The van der Waals surface area contributed by atoms with Crippen LogP contribution >= 0.6 is 0 Å². The number of aliphatic carboxylic acids is 1. The van der Waals surface area contributed by atoms with Gasteiger partial charge in [0, 0.05) is 29.7 Å². The van der Waals surface area contributed by atoms with E-state index in [2.05, 4.69) is 11.4 Å². The van der Waals surface area contributed by atoms with E-state index in [1.807, 2.05) is 66.8 Å². The van der Waals surface area contributed by atoms with Crippen LogP contribution in [0.1, 0.15) is 52.7 Å². The number of nitrogens with one attached hydrogen (secondary N) is 2. The van der Waals surface area contributed by atoms with Gasteiger partial charge in [-0.05, 0) is 103 Å². The number of hydrogen-bond acceptors (Lipinski definition) is 4. The molecule has 0 aromatic heterocycles. The van der Waals surface area contributed by atoms with Gasteiger partial charge in [-0.15, -0.1) is 0 Å². The number of para-hydroxylation sites is 1. The van der Waals surface area contributed by atoms with E-state index in [0.717, 1.165) is 36.1 Å². The Bertz CT molecular complexity index is 1900. The first-order valence-corrected chi connectivity index (χ1v) is 17.2. The number of carboxylic acid groups (broad SMARTS) is 1. The number of halogens is 2. The summed E-state index contributed by atoms with van der Waals surface area (Å²) in [6.07, 6.45) is 6.57. The number of carbonyl (C=O) groups is 3. The standard InChI is InChI=1S/C38H38F2N4O5S.H2O/c1-26-13-20-31(23-34(26)50(49)43(2)32-11-7-4-8-12-32)42-37(48)44(33-21-18-29(19-22-33)28-9-5-3-6-10-28)24-27-14-16-30(17-15-27)35(45)41-25-38(39,40)36(46)47;/h4,7-9,11-23H,3,5-6,10,24-25H2,1-2H3,(H,41,45)(H,42,48)(H,46,47);1H2. The van der Waals surface area contributed by atoms with Crippen molar-refractivity contribution in [2.75, 3.05) is 28.1 Å². The zero-order valence-corrected chi connectivity index (χ0v) is 29.0. The second-order valence-electron chi connectivity index (χ2n) is 12.0. The highest BCUT2D eigenvalue weighted by Crippen LogP contribution is 2.30. The monoisotopic (exact) mass is 718 g/mol. The predicted molar refractivity (Wildman–Crippen MR) is 195 cm³/mol. The molecule has 10 nitrogen and oxygen atoms in total. The molecule has 268 valence electrons. The summed E-state index contributed by atoms with van der Waals surface area (Å²) in [6.45, 7) is 0.601. The molecule has 13 heteroatoms. The number of alkyl halides is 2. The van der Waals surface area contributed by atoms with Gasteiger partial charge in [0.1, 0.15) is 0 Å². The number of amides is 3. The number of rotatable bonds is 12. The van der Waals surface area contributed by atoms with Gasteiger partial charge in [0.25, 0.3) is 5.91 Å². The smallest absolute Gasteiger partial charge is 0.376 e. The Balaban J connectivity index is 0.00000583. The van der Waals surface area contributed by atoms with Crippen molar-refractivity contribution in [1.82, 2.24) is 5.32 Å². The Morgan fingerprint density at radius 3 is 2.22 bits per heavy atom. The highest BCUT2D eigenvalue weighted by Gasteiger charge is 2.39. The molecule has 5 rings (SSSR count). The van der Waals surface area contributed by atoms with E-state index in [4.69, 9.17) is 5.11 Å². The van der Waals surface area contributed by atoms with Gasteiger partial charge in [-0.3, -0.25) is 14.0 Å². The topological polar surface area (TPSA) is 151 Å². The molecule has 51 heavy (non-hydrogen) atoms. The number of aryl methyl sites for hydroxylation is 1. The zero-order chi connectivity index (χ0) is 35.8. The summed E-state index contributed by atoms with van der Waals surface area (Å²) in [6, 6.07) is 27.9. The average molecular weight is 719 g/mol. The van der Waals surface area contributed by atoms with E-state index in [1.54, 1.807) is 41.7 Å². The molecule has 0 radical (unpaired) electrons. The molecule has 1 unspecified atom stereocenters. The molecule has 0 aliphatic heterocycles. The minimum Gasteiger partial charge on any atom is -0.477 e. The maximum absolute atomic E-state index is 14.0. The van der Waals surface area contributed by atoms with Crippen LogP contribution in [0.15, 0.2) is 108 Å². The minimum absolute atomic E-state index is 0. The zero-order valence-electron chi connectivity index (χ0n) is 28.2. The Hall–Kier alpha value is -5.40. The molecular weight excluding hydrogens is 679 g/mol. The predicted octanol–water partition coefficient (Wildman–Crippen LogP) is 6.98. The molecule has 1 aliphatic carbocycles. The van der Waals surface area contributed by atoms with E-state index in [1.165, 1.54) is 29.0 Å². The van der Waals surface area contributed by atoms with E-state index >= 15 is 0 Å². The van der Waals surface area contributed by atoms with Crippen molar-refractivity contribution in [3.05, 3.63) is 125 Å². The van der Waals surface area contributed by atoms with Crippen molar-refractivity contribution in [3.8, 4) is 0 Å². The van der Waals surface area contributed by atoms with Crippen molar-refractivity contribution >= 4 is 51.5 Å². The summed E-state index contributed by atoms with van der Waals surface area (Å²) < 4.78 is 42.2. The SMILES string of the molecule is Cc1ccc(NC(=O)N(Cc2ccc(C(=O)NCC(F)(F)C(=O)O)cc2)c2ccc(C3=CCCCC3)cc2)cc1S(=O)N(C)c1ccccc1.O. The molecule has 0 fully saturated rings. The second-order valence-corrected chi connectivity index (χ2v) is 13.5. The lowest BCUT2D eigenvalue weighted by Crippen LogP contribution is -2.42. The van der Waals surface area contributed by atoms with Crippen LogP contribution in [-0.2, 0) is 22.3 Å². The van der Waals surface area contributed by atoms with Crippen LogP contribution < -0.4 is 19.8 Å². The van der Waals surface area contributed by atoms with Crippen LogP contribution in [0.25, 0.3) is 5.57 Å². The lowest BCUT2D eigenvalue weighted by Gasteiger charge is -2.25. The largest absolute Gasteiger partial charge is 0.477 e. The van der Waals surface area contributed by atoms with Crippen molar-refractivity contribution in [3.63, 3.8) is 0 Å². The van der Waals surface area contributed by atoms with Gasteiger partial charge in [-0.2, -0.15) is 8.78 Å². The molecule has 0 bridgehead atoms. The summed E-state index contributed by atoms with van der Waals surface area (Å²) in [4.78, 5) is 39.2. The lowest BCUT2D eigenvalue weighted by molar-refractivity contribution is -0.163. The lowest BCUT2D eigenvalue weighted by atomic mass is 9.93. The first kappa shape index (κ1) is 38.4. The van der Waals surface area contributed by atoms with Gasteiger partial charge in [-0.1, -0.05) is 54.6 Å². The molecule has 4 aromatic carbocycles. The number of carboxylic acids is 1. The third-order valence-electron chi connectivity index (χ3n) is 8.42. The Labute approximate surface area is 297 Å². The van der Waals surface area contributed by atoms with Crippen molar-refractivity contribution < 1.29 is 38.0 Å². The fourth-order valence-corrected chi connectivity index (χ4v) is 6.67. The third-order valence-corrected chi connectivity index (χ3v) is 9.95. The van der Waals surface area contributed by atoms with Crippen LogP contribution in [0.3, 0.4) is 0 Å². The van der Waals surface area contributed by atoms with Crippen molar-refractivity contribution in [2.24, 2.45) is 0 Å². The molecule has 0 spiro atoms. The summed E-state index contributed by atoms with van der Waals surface area (Å²) in [5, 5.41) is 13.5.